The maximum atomic E-state index is 5.93. The van der Waals surface area contributed by atoms with E-state index in [4.69, 9.17) is 10.5 Å². The van der Waals surface area contributed by atoms with Crippen LogP contribution in [0.4, 0.5) is 5.69 Å². The molecule has 0 atom stereocenters. The van der Waals surface area contributed by atoms with E-state index in [1.165, 1.54) is 5.56 Å². The van der Waals surface area contributed by atoms with Crippen molar-refractivity contribution in [3.05, 3.63) is 58.1 Å². The van der Waals surface area contributed by atoms with Crippen LogP contribution in [0, 0.1) is 0 Å². The summed E-state index contributed by atoms with van der Waals surface area (Å²) >= 11 is 3.49. The Morgan fingerprint density at radius 1 is 1.17 bits per heavy atom. The molecule has 2 nitrogen and oxygen atoms in total. The summed E-state index contributed by atoms with van der Waals surface area (Å²) in [6.07, 6.45) is 1.01. The molecule has 0 saturated heterocycles. The normalized spacial score (nSPS) is 10.3. The number of ether oxygens (including phenoxy) is 1. The smallest absolute Gasteiger partial charge is 0.120 e. The van der Waals surface area contributed by atoms with Crippen molar-refractivity contribution in [1.29, 1.82) is 0 Å². The highest BCUT2D eigenvalue weighted by molar-refractivity contribution is 9.10. The minimum atomic E-state index is 0.473. The van der Waals surface area contributed by atoms with E-state index in [1.54, 1.807) is 0 Å². The molecule has 2 N–H and O–H groups in total. The van der Waals surface area contributed by atoms with Gasteiger partial charge in [0, 0.05) is 15.7 Å². The summed E-state index contributed by atoms with van der Waals surface area (Å²) in [6, 6.07) is 13.9. The standard InChI is InChI=1S/C15H16BrNO/c1-2-11-5-3-6-12(9-11)18-10-13-14(16)7-4-8-15(13)17/h3-9H,2,10,17H2,1H3. The van der Waals surface area contributed by atoms with Crippen molar-refractivity contribution in [2.24, 2.45) is 0 Å². The van der Waals surface area contributed by atoms with E-state index < -0.39 is 0 Å². The van der Waals surface area contributed by atoms with Gasteiger partial charge < -0.3 is 10.5 Å². The number of rotatable bonds is 4. The molecule has 0 aromatic heterocycles. The molecule has 0 saturated carbocycles. The fourth-order valence-electron chi connectivity index (χ4n) is 1.74. The van der Waals surface area contributed by atoms with Crippen molar-refractivity contribution >= 4 is 21.6 Å². The third kappa shape index (κ3) is 3.05. The Bertz CT molecular complexity index is 520. The third-order valence-corrected chi connectivity index (χ3v) is 3.59. The van der Waals surface area contributed by atoms with Crippen LogP contribution in [0.3, 0.4) is 0 Å². The zero-order valence-electron chi connectivity index (χ0n) is 10.3. The SMILES string of the molecule is CCc1cccc(OCc2c(N)cccc2Br)c1. The molecule has 0 unspecified atom stereocenters. The van der Waals surface area contributed by atoms with E-state index in [2.05, 4.69) is 35.0 Å². The number of halogens is 1. The zero-order valence-corrected chi connectivity index (χ0v) is 11.9. The number of anilines is 1. The van der Waals surface area contributed by atoms with Gasteiger partial charge in [0.15, 0.2) is 0 Å². The summed E-state index contributed by atoms with van der Waals surface area (Å²) in [7, 11) is 0. The van der Waals surface area contributed by atoms with Crippen LogP contribution in [0.25, 0.3) is 0 Å². The largest absolute Gasteiger partial charge is 0.489 e. The molecule has 2 rings (SSSR count). The first-order chi connectivity index (χ1) is 8.70. The number of benzene rings is 2. The van der Waals surface area contributed by atoms with Crippen molar-refractivity contribution in [2.75, 3.05) is 5.73 Å². The molecule has 2 aromatic rings. The molecule has 0 heterocycles. The highest BCUT2D eigenvalue weighted by Gasteiger charge is 2.05. The predicted octanol–water partition coefficient (Wildman–Crippen LogP) is 4.17. The summed E-state index contributed by atoms with van der Waals surface area (Å²) in [6.45, 7) is 2.60. The number of nitrogen functional groups attached to an aromatic ring is 1. The van der Waals surface area contributed by atoms with Crippen molar-refractivity contribution < 1.29 is 4.74 Å². The van der Waals surface area contributed by atoms with Crippen LogP contribution in [0.15, 0.2) is 46.9 Å². The monoisotopic (exact) mass is 305 g/mol. The molecule has 2 aromatic carbocycles. The van der Waals surface area contributed by atoms with Crippen molar-refractivity contribution in [3.8, 4) is 5.75 Å². The van der Waals surface area contributed by atoms with Crippen LogP contribution < -0.4 is 10.5 Å². The zero-order chi connectivity index (χ0) is 13.0. The molecule has 0 radical (unpaired) electrons. The fraction of sp³-hybridized carbons (Fsp3) is 0.200. The topological polar surface area (TPSA) is 35.2 Å². The average molecular weight is 306 g/mol. The van der Waals surface area contributed by atoms with Gasteiger partial charge in [-0.2, -0.15) is 0 Å². The summed E-state index contributed by atoms with van der Waals surface area (Å²) < 4.78 is 6.77. The Morgan fingerprint density at radius 3 is 2.67 bits per heavy atom. The minimum Gasteiger partial charge on any atom is -0.489 e. The van der Waals surface area contributed by atoms with Gasteiger partial charge in [0.25, 0.3) is 0 Å². The van der Waals surface area contributed by atoms with Gasteiger partial charge in [0.2, 0.25) is 0 Å². The Balaban J connectivity index is 2.11. The second-order valence-corrected chi connectivity index (χ2v) is 4.95. The summed E-state index contributed by atoms with van der Waals surface area (Å²) in [5, 5.41) is 0. The average Bonchev–Trinajstić information content (AvgIpc) is 2.38. The van der Waals surface area contributed by atoms with Crippen LogP contribution >= 0.6 is 15.9 Å². The first-order valence-electron chi connectivity index (χ1n) is 5.95. The van der Waals surface area contributed by atoms with Gasteiger partial charge in [-0.3, -0.25) is 0 Å². The van der Waals surface area contributed by atoms with E-state index in [9.17, 15) is 0 Å². The highest BCUT2D eigenvalue weighted by atomic mass is 79.9. The van der Waals surface area contributed by atoms with Crippen LogP contribution in [0.5, 0.6) is 5.75 Å². The molecule has 0 aliphatic rings. The molecule has 0 aliphatic carbocycles. The van der Waals surface area contributed by atoms with E-state index in [1.807, 2.05) is 30.3 Å². The maximum absolute atomic E-state index is 5.93. The van der Waals surface area contributed by atoms with Gasteiger partial charge >= 0.3 is 0 Å². The van der Waals surface area contributed by atoms with Gasteiger partial charge in [-0.15, -0.1) is 0 Å². The van der Waals surface area contributed by atoms with Crippen LogP contribution in [0.2, 0.25) is 0 Å². The van der Waals surface area contributed by atoms with Gasteiger partial charge in [-0.25, -0.2) is 0 Å². The molecule has 3 heteroatoms. The lowest BCUT2D eigenvalue weighted by Gasteiger charge is -2.11. The van der Waals surface area contributed by atoms with Crippen molar-refractivity contribution in [2.45, 2.75) is 20.0 Å². The molecular weight excluding hydrogens is 290 g/mol. The lowest BCUT2D eigenvalue weighted by molar-refractivity contribution is 0.306. The Morgan fingerprint density at radius 2 is 1.94 bits per heavy atom. The van der Waals surface area contributed by atoms with Gasteiger partial charge in [0.05, 0.1) is 0 Å². The lowest BCUT2D eigenvalue weighted by Crippen LogP contribution is -2.01. The number of aryl methyl sites for hydroxylation is 1. The Kier molecular flexibility index (Phi) is 4.26. The van der Waals surface area contributed by atoms with E-state index in [0.29, 0.717) is 6.61 Å². The van der Waals surface area contributed by atoms with E-state index in [0.717, 1.165) is 27.9 Å². The third-order valence-electron chi connectivity index (χ3n) is 2.84. The van der Waals surface area contributed by atoms with Gasteiger partial charge in [0.1, 0.15) is 12.4 Å². The van der Waals surface area contributed by atoms with Crippen LogP contribution in [-0.4, -0.2) is 0 Å². The summed E-state index contributed by atoms with van der Waals surface area (Å²) in [5.74, 6) is 0.879. The molecule has 94 valence electrons. The molecule has 0 fully saturated rings. The molecule has 0 bridgehead atoms. The minimum absolute atomic E-state index is 0.473. The van der Waals surface area contributed by atoms with Crippen LogP contribution in [-0.2, 0) is 13.0 Å². The highest BCUT2D eigenvalue weighted by Crippen LogP contribution is 2.24. The molecule has 0 spiro atoms. The summed E-state index contributed by atoms with van der Waals surface area (Å²) in [4.78, 5) is 0. The molecular formula is C15H16BrNO. The predicted molar refractivity (Wildman–Crippen MR) is 78.7 cm³/mol. The molecule has 0 aliphatic heterocycles. The quantitative estimate of drug-likeness (QED) is 0.860. The summed E-state index contributed by atoms with van der Waals surface area (Å²) in [5.41, 5.74) is 8.93. The molecule has 0 amide bonds. The van der Waals surface area contributed by atoms with E-state index in [-0.39, 0.29) is 0 Å². The number of hydrogen-bond acceptors (Lipinski definition) is 2. The Hall–Kier alpha value is -1.48. The second kappa shape index (κ2) is 5.91. The number of nitrogens with two attached hydrogens (primary N) is 1. The molecule has 18 heavy (non-hydrogen) atoms. The van der Waals surface area contributed by atoms with Crippen molar-refractivity contribution in [3.63, 3.8) is 0 Å². The maximum Gasteiger partial charge on any atom is 0.120 e. The van der Waals surface area contributed by atoms with Gasteiger partial charge in [-0.1, -0.05) is 41.1 Å². The Labute approximate surface area is 116 Å². The van der Waals surface area contributed by atoms with Crippen LogP contribution in [0.1, 0.15) is 18.1 Å². The lowest BCUT2D eigenvalue weighted by atomic mass is 10.1. The second-order valence-electron chi connectivity index (χ2n) is 4.10. The number of hydrogen-bond donors (Lipinski definition) is 1. The van der Waals surface area contributed by atoms with Gasteiger partial charge in [-0.05, 0) is 36.2 Å². The van der Waals surface area contributed by atoms with Crippen molar-refractivity contribution in [1.82, 2.24) is 0 Å². The van der Waals surface area contributed by atoms with E-state index >= 15 is 0 Å². The first-order valence-corrected chi connectivity index (χ1v) is 6.74. The fourth-order valence-corrected chi connectivity index (χ4v) is 2.23. The first kappa shape index (κ1) is 13.0.